The van der Waals surface area contributed by atoms with Gasteiger partial charge in [-0.1, -0.05) is 25.4 Å². The van der Waals surface area contributed by atoms with Crippen molar-refractivity contribution < 1.29 is 4.79 Å². The van der Waals surface area contributed by atoms with Gasteiger partial charge in [0.25, 0.3) is 5.91 Å². The molecule has 1 fully saturated rings. The number of halogens is 1. The van der Waals surface area contributed by atoms with Crippen LogP contribution in [0.2, 0.25) is 5.02 Å². The molecule has 0 bridgehead atoms. The molecular weight excluding hydrogens is 342 g/mol. The molecule has 6 heteroatoms. The lowest BCUT2D eigenvalue weighted by Gasteiger charge is -2.22. The van der Waals surface area contributed by atoms with Gasteiger partial charge in [-0.25, -0.2) is 4.68 Å². The van der Waals surface area contributed by atoms with E-state index in [9.17, 15) is 4.79 Å². The molecule has 3 rings (SSSR count). The van der Waals surface area contributed by atoms with Gasteiger partial charge >= 0.3 is 0 Å². The normalized spacial score (nSPS) is 15.7. The van der Waals surface area contributed by atoms with Gasteiger partial charge in [-0.05, 0) is 54.5 Å². The number of benzene rings is 1. The molecule has 1 amide bonds. The van der Waals surface area contributed by atoms with E-state index in [0.717, 1.165) is 35.7 Å². The Morgan fingerprint density at radius 2 is 1.96 bits per heavy atom. The maximum absolute atomic E-state index is 12.7. The van der Waals surface area contributed by atoms with Crippen LogP contribution in [0.1, 0.15) is 48.7 Å². The number of carbonyl (C=O) groups is 1. The van der Waals surface area contributed by atoms with E-state index in [0.29, 0.717) is 10.6 Å². The van der Waals surface area contributed by atoms with Crippen molar-refractivity contribution in [2.45, 2.75) is 38.6 Å². The van der Waals surface area contributed by atoms with Crippen molar-refractivity contribution in [2.24, 2.45) is 0 Å². The van der Waals surface area contributed by atoms with Gasteiger partial charge in [-0.15, -0.1) is 0 Å². The molecular formula is C18H22ClN3OS. The Kier molecular flexibility index (Phi) is 5.51. The fourth-order valence-electron chi connectivity index (χ4n) is 2.98. The van der Waals surface area contributed by atoms with E-state index in [4.69, 9.17) is 11.6 Å². The lowest BCUT2D eigenvalue weighted by molar-refractivity contribution is 0.0933. The van der Waals surface area contributed by atoms with Crippen molar-refractivity contribution in [3.05, 3.63) is 46.7 Å². The van der Waals surface area contributed by atoms with Crippen LogP contribution < -0.4 is 5.32 Å². The van der Waals surface area contributed by atoms with Gasteiger partial charge in [-0.3, -0.25) is 4.79 Å². The molecule has 1 N–H and O–H groups in total. The molecule has 0 aliphatic carbocycles. The zero-order valence-electron chi connectivity index (χ0n) is 14.0. The second-order valence-corrected chi connectivity index (χ2v) is 8.01. The first kappa shape index (κ1) is 17.4. The number of aromatic nitrogens is 2. The minimum Gasteiger partial charge on any atom is -0.349 e. The Balaban J connectivity index is 1.88. The summed E-state index contributed by atoms with van der Waals surface area (Å²) in [6.07, 6.45) is 3.76. The van der Waals surface area contributed by atoms with Crippen LogP contribution in [-0.4, -0.2) is 33.2 Å². The number of amides is 1. The highest BCUT2D eigenvalue weighted by Gasteiger charge is 2.23. The molecule has 4 nitrogen and oxygen atoms in total. The maximum Gasteiger partial charge on any atom is 0.255 e. The predicted octanol–water partition coefficient (Wildman–Crippen LogP) is 4.27. The molecule has 128 valence electrons. The summed E-state index contributed by atoms with van der Waals surface area (Å²) in [6.45, 7) is 4.16. The summed E-state index contributed by atoms with van der Waals surface area (Å²) in [7, 11) is 0. The van der Waals surface area contributed by atoms with Crippen LogP contribution in [0.4, 0.5) is 0 Å². The summed E-state index contributed by atoms with van der Waals surface area (Å²) >= 11 is 7.92. The Morgan fingerprint density at radius 3 is 2.58 bits per heavy atom. The van der Waals surface area contributed by atoms with Crippen LogP contribution in [-0.2, 0) is 0 Å². The number of thioether (sulfide) groups is 1. The van der Waals surface area contributed by atoms with Crippen LogP contribution >= 0.6 is 23.4 Å². The molecule has 2 heterocycles. The molecule has 1 aromatic heterocycles. The Hall–Kier alpha value is -1.46. The lowest BCUT2D eigenvalue weighted by atomic mass is 10.0. The second kappa shape index (κ2) is 7.62. The third-order valence-electron chi connectivity index (χ3n) is 4.23. The Bertz CT molecular complexity index is 706. The highest BCUT2D eigenvalue weighted by Crippen LogP contribution is 2.25. The molecule has 0 atom stereocenters. The molecule has 1 aliphatic rings. The zero-order chi connectivity index (χ0) is 17.1. The van der Waals surface area contributed by atoms with Crippen molar-refractivity contribution in [1.29, 1.82) is 0 Å². The van der Waals surface area contributed by atoms with Gasteiger partial charge in [-0.2, -0.15) is 16.9 Å². The lowest BCUT2D eigenvalue weighted by Crippen LogP contribution is -2.37. The zero-order valence-corrected chi connectivity index (χ0v) is 15.5. The van der Waals surface area contributed by atoms with Crippen molar-refractivity contribution in [3.63, 3.8) is 0 Å². The van der Waals surface area contributed by atoms with Crippen molar-refractivity contribution in [2.75, 3.05) is 11.5 Å². The summed E-state index contributed by atoms with van der Waals surface area (Å²) in [5.41, 5.74) is 2.51. The summed E-state index contributed by atoms with van der Waals surface area (Å²) in [6, 6.07) is 7.78. The molecule has 1 saturated heterocycles. The van der Waals surface area contributed by atoms with Crippen LogP contribution in [0.3, 0.4) is 0 Å². The summed E-state index contributed by atoms with van der Waals surface area (Å²) < 4.78 is 1.84. The fraction of sp³-hybridized carbons (Fsp3) is 0.444. The second-order valence-electron chi connectivity index (χ2n) is 6.35. The maximum atomic E-state index is 12.7. The molecule has 2 aromatic rings. The van der Waals surface area contributed by atoms with Crippen LogP contribution in [0, 0.1) is 0 Å². The standard InChI is InChI=1S/C18H22ClN3OS/c1-12(2)17-16(18(23)21-14-7-9-24-10-8-14)11-20-22(17)15-5-3-13(19)4-6-15/h3-6,11-12,14H,7-10H2,1-2H3,(H,21,23). The topological polar surface area (TPSA) is 46.9 Å². The number of rotatable bonds is 4. The van der Waals surface area contributed by atoms with E-state index in [1.54, 1.807) is 6.20 Å². The van der Waals surface area contributed by atoms with Gasteiger partial charge in [0.15, 0.2) is 0 Å². The number of hydrogen-bond acceptors (Lipinski definition) is 3. The van der Waals surface area contributed by atoms with Crippen LogP contribution in [0.15, 0.2) is 30.5 Å². The number of carbonyl (C=O) groups excluding carboxylic acids is 1. The average molecular weight is 364 g/mol. The van der Waals surface area contributed by atoms with E-state index >= 15 is 0 Å². The number of nitrogens with one attached hydrogen (secondary N) is 1. The third-order valence-corrected chi connectivity index (χ3v) is 5.53. The Morgan fingerprint density at radius 1 is 1.29 bits per heavy atom. The minimum atomic E-state index is -0.0178. The highest BCUT2D eigenvalue weighted by atomic mass is 35.5. The van der Waals surface area contributed by atoms with Gasteiger partial charge in [0.2, 0.25) is 0 Å². The van der Waals surface area contributed by atoms with Gasteiger partial charge < -0.3 is 5.32 Å². The first-order chi connectivity index (χ1) is 11.6. The van der Waals surface area contributed by atoms with Gasteiger partial charge in [0, 0.05) is 11.1 Å². The Labute approximate surface area is 152 Å². The molecule has 0 saturated carbocycles. The SMILES string of the molecule is CC(C)c1c(C(=O)NC2CCSCC2)cnn1-c1ccc(Cl)cc1. The van der Waals surface area contributed by atoms with Gasteiger partial charge in [0.05, 0.1) is 23.1 Å². The molecule has 0 spiro atoms. The van der Waals surface area contributed by atoms with E-state index in [1.165, 1.54) is 0 Å². The van der Waals surface area contributed by atoms with E-state index in [1.807, 2.05) is 40.7 Å². The largest absolute Gasteiger partial charge is 0.349 e. The number of nitrogens with zero attached hydrogens (tertiary/aromatic N) is 2. The molecule has 1 aliphatic heterocycles. The predicted molar refractivity (Wildman–Crippen MR) is 100 cm³/mol. The van der Waals surface area contributed by atoms with E-state index < -0.39 is 0 Å². The summed E-state index contributed by atoms with van der Waals surface area (Å²) in [5.74, 6) is 2.40. The fourth-order valence-corrected chi connectivity index (χ4v) is 4.21. The molecule has 0 unspecified atom stereocenters. The third kappa shape index (κ3) is 3.78. The van der Waals surface area contributed by atoms with Crippen molar-refractivity contribution >= 4 is 29.3 Å². The quantitative estimate of drug-likeness (QED) is 0.882. The molecule has 0 radical (unpaired) electrons. The highest BCUT2D eigenvalue weighted by molar-refractivity contribution is 7.99. The van der Waals surface area contributed by atoms with Gasteiger partial charge in [0.1, 0.15) is 0 Å². The first-order valence-corrected chi connectivity index (χ1v) is 9.82. The molecule has 24 heavy (non-hydrogen) atoms. The first-order valence-electron chi connectivity index (χ1n) is 8.28. The van der Waals surface area contributed by atoms with Crippen LogP contribution in [0.5, 0.6) is 0 Å². The summed E-state index contributed by atoms with van der Waals surface area (Å²) in [4.78, 5) is 12.7. The molecule has 1 aromatic carbocycles. The smallest absolute Gasteiger partial charge is 0.255 e. The van der Waals surface area contributed by atoms with Crippen LogP contribution in [0.25, 0.3) is 5.69 Å². The van der Waals surface area contributed by atoms with Crippen molar-refractivity contribution in [1.82, 2.24) is 15.1 Å². The van der Waals surface area contributed by atoms with E-state index in [-0.39, 0.29) is 17.9 Å². The van der Waals surface area contributed by atoms with E-state index in [2.05, 4.69) is 24.3 Å². The average Bonchev–Trinajstić information content (AvgIpc) is 3.02. The number of hydrogen-bond donors (Lipinski definition) is 1. The van der Waals surface area contributed by atoms with Crippen molar-refractivity contribution in [3.8, 4) is 5.69 Å². The summed E-state index contributed by atoms with van der Waals surface area (Å²) in [5, 5.41) is 8.32. The monoisotopic (exact) mass is 363 g/mol. The minimum absolute atomic E-state index is 0.0178.